The van der Waals surface area contributed by atoms with E-state index in [1.165, 1.54) is 0 Å². The van der Waals surface area contributed by atoms with E-state index < -0.39 is 0 Å². The molecule has 0 spiro atoms. The van der Waals surface area contributed by atoms with Crippen LogP contribution < -0.4 is 4.74 Å². The van der Waals surface area contributed by atoms with Crippen molar-refractivity contribution in [2.24, 2.45) is 0 Å². The summed E-state index contributed by atoms with van der Waals surface area (Å²) in [5, 5.41) is 13.5. The predicted molar refractivity (Wildman–Crippen MR) is 87.6 cm³/mol. The van der Waals surface area contributed by atoms with Gasteiger partial charge in [-0.2, -0.15) is 5.26 Å². The standard InChI is InChI=1S/C18H16N4O2/c19-11-13-1-3-14(4-2-13)16-12-20-17-5-6-18(21-22(16)17)24-15-7-9-23-10-8-15/h1-6,12,15H,7-10H2. The molecule has 1 aromatic carbocycles. The van der Waals surface area contributed by atoms with Gasteiger partial charge in [-0.25, -0.2) is 9.50 Å². The van der Waals surface area contributed by atoms with Gasteiger partial charge in [0.25, 0.3) is 0 Å². The molecule has 0 unspecified atom stereocenters. The molecule has 4 rings (SSSR count). The zero-order valence-electron chi connectivity index (χ0n) is 13.1. The molecule has 3 aromatic rings. The van der Waals surface area contributed by atoms with Crippen molar-refractivity contribution in [3.63, 3.8) is 0 Å². The molecule has 0 atom stereocenters. The van der Waals surface area contributed by atoms with Crippen LogP contribution in [0.4, 0.5) is 0 Å². The molecule has 6 nitrogen and oxygen atoms in total. The van der Waals surface area contributed by atoms with Crippen LogP contribution >= 0.6 is 0 Å². The molecule has 0 saturated carbocycles. The molecule has 1 saturated heterocycles. The maximum atomic E-state index is 8.92. The number of imidazole rings is 1. The molecule has 1 aliphatic heterocycles. The van der Waals surface area contributed by atoms with E-state index in [0.29, 0.717) is 11.4 Å². The first-order valence-electron chi connectivity index (χ1n) is 7.93. The fraction of sp³-hybridized carbons (Fsp3) is 0.278. The minimum Gasteiger partial charge on any atom is -0.473 e. The van der Waals surface area contributed by atoms with Gasteiger partial charge in [-0.05, 0) is 18.2 Å². The van der Waals surface area contributed by atoms with E-state index in [4.69, 9.17) is 14.7 Å². The summed E-state index contributed by atoms with van der Waals surface area (Å²) in [6.07, 6.45) is 3.69. The topological polar surface area (TPSA) is 72.4 Å². The quantitative estimate of drug-likeness (QED) is 0.742. The molecular formula is C18H16N4O2. The van der Waals surface area contributed by atoms with Gasteiger partial charge in [-0.15, -0.1) is 5.10 Å². The van der Waals surface area contributed by atoms with E-state index in [2.05, 4.69) is 16.2 Å². The summed E-state index contributed by atoms with van der Waals surface area (Å²) in [4.78, 5) is 4.39. The van der Waals surface area contributed by atoms with Crippen molar-refractivity contribution >= 4 is 5.65 Å². The van der Waals surface area contributed by atoms with Crippen LogP contribution in [0.2, 0.25) is 0 Å². The molecule has 2 aromatic heterocycles. The smallest absolute Gasteiger partial charge is 0.232 e. The van der Waals surface area contributed by atoms with Crippen molar-refractivity contribution in [1.29, 1.82) is 5.26 Å². The van der Waals surface area contributed by atoms with Gasteiger partial charge in [0.1, 0.15) is 6.10 Å². The highest BCUT2D eigenvalue weighted by Crippen LogP contribution is 2.23. The summed E-state index contributed by atoms with van der Waals surface area (Å²) < 4.78 is 13.1. The number of rotatable bonds is 3. The van der Waals surface area contributed by atoms with Gasteiger partial charge < -0.3 is 9.47 Å². The number of nitrogens with zero attached hydrogens (tertiary/aromatic N) is 4. The van der Waals surface area contributed by atoms with Gasteiger partial charge in [0.2, 0.25) is 5.88 Å². The van der Waals surface area contributed by atoms with Gasteiger partial charge >= 0.3 is 0 Å². The lowest BCUT2D eigenvalue weighted by atomic mass is 10.1. The van der Waals surface area contributed by atoms with Crippen LogP contribution in [0.3, 0.4) is 0 Å². The van der Waals surface area contributed by atoms with Gasteiger partial charge in [-0.1, -0.05) is 12.1 Å². The van der Waals surface area contributed by atoms with Crippen molar-refractivity contribution in [3.05, 3.63) is 48.2 Å². The number of benzene rings is 1. The van der Waals surface area contributed by atoms with Crippen molar-refractivity contribution in [1.82, 2.24) is 14.6 Å². The van der Waals surface area contributed by atoms with E-state index in [1.807, 2.05) is 24.3 Å². The van der Waals surface area contributed by atoms with Gasteiger partial charge in [0.05, 0.1) is 36.7 Å². The third kappa shape index (κ3) is 2.82. The van der Waals surface area contributed by atoms with E-state index in [9.17, 15) is 0 Å². The molecule has 24 heavy (non-hydrogen) atoms. The third-order valence-corrected chi connectivity index (χ3v) is 4.10. The summed E-state index contributed by atoms with van der Waals surface area (Å²) in [6, 6.07) is 13.2. The molecular weight excluding hydrogens is 304 g/mol. The monoisotopic (exact) mass is 320 g/mol. The first kappa shape index (κ1) is 14.7. The van der Waals surface area contributed by atoms with Crippen molar-refractivity contribution < 1.29 is 9.47 Å². The highest BCUT2D eigenvalue weighted by Gasteiger charge is 2.16. The number of nitriles is 1. The lowest BCUT2D eigenvalue weighted by molar-refractivity contribution is 0.0232. The average Bonchev–Trinajstić information content (AvgIpc) is 3.06. The Hall–Kier alpha value is -2.91. The zero-order chi connectivity index (χ0) is 16.4. The first-order valence-corrected chi connectivity index (χ1v) is 7.93. The maximum Gasteiger partial charge on any atom is 0.232 e. The molecule has 6 heteroatoms. The van der Waals surface area contributed by atoms with Crippen LogP contribution in [-0.2, 0) is 4.74 Å². The number of hydrogen-bond acceptors (Lipinski definition) is 5. The lowest BCUT2D eigenvalue weighted by Crippen LogP contribution is -2.26. The molecule has 3 heterocycles. The molecule has 0 N–H and O–H groups in total. The van der Waals surface area contributed by atoms with E-state index in [-0.39, 0.29) is 6.10 Å². The first-order chi connectivity index (χ1) is 11.8. The van der Waals surface area contributed by atoms with Gasteiger partial charge in [0, 0.05) is 24.5 Å². The molecule has 1 aliphatic rings. The fourth-order valence-corrected chi connectivity index (χ4v) is 2.80. The van der Waals surface area contributed by atoms with Crippen molar-refractivity contribution in [2.45, 2.75) is 18.9 Å². The Labute approximate surface area is 139 Å². The Morgan fingerprint density at radius 2 is 1.92 bits per heavy atom. The molecule has 0 bridgehead atoms. The normalized spacial score (nSPS) is 15.3. The zero-order valence-corrected chi connectivity index (χ0v) is 13.1. The molecule has 1 fully saturated rings. The fourth-order valence-electron chi connectivity index (χ4n) is 2.80. The third-order valence-electron chi connectivity index (χ3n) is 4.10. The predicted octanol–water partition coefficient (Wildman–Crippen LogP) is 2.83. The summed E-state index contributed by atoms with van der Waals surface area (Å²) in [6.45, 7) is 1.46. The van der Waals surface area contributed by atoms with Crippen molar-refractivity contribution in [3.8, 4) is 23.2 Å². The number of aromatic nitrogens is 3. The summed E-state index contributed by atoms with van der Waals surface area (Å²) in [7, 11) is 0. The Morgan fingerprint density at radius 3 is 2.67 bits per heavy atom. The largest absolute Gasteiger partial charge is 0.473 e. The Bertz CT molecular complexity index is 890. The lowest BCUT2D eigenvalue weighted by Gasteiger charge is -2.22. The maximum absolute atomic E-state index is 8.92. The van der Waals surface area contributed by atoms with E-state index in [0.717, 1.165) is 43.0 Å². The molecule has 120 valence electrons. The van der Waals surface area contributed by atoms with Crippen LogP contribution in [0.5, 0.6) is 5.88 Å². The molecule has 0 radical (unpaired) electrons. The van der Waals surface area contributed by atoms with Crippen molar-refractivity contribution in [2.75, 3.05) is 13.2 Å². The minimum absolute atomic E-state index is 0.144. The Balaban J connectivity index is 1.66. The highest BCUT2D eigenvalue weighted by atomic mass is 16.5. The summed E-state index contributed by atoms with van der Waals surface area (Å²) in [5.74, 6) is 0.585. The number of fused-ring (bicyclic) bond motifs is 1. The second kappa shape index (κ2) is 6.30. The van der Waals surface area contributed by atoms with Crippen LogP contribution in [-0.4, -0.2) is 33.9 Å². The highest BCUT2D eigenvalue weighted by molar-refractivity contribution is 5.63. The second-order valence-corrected chi connectivity index (χ2v) is 5.70. The van der Waals surface area contributed by atoms with E-state index in [1.54, 1.807) is 22.8 Å². The van der Waals surface area contributed by atoms with Crippen LogP contribution in [0.15, 0.2) is 42.6 Å². The van der Waals surface area contributed by atoms with Crippen LogP contribution in [0.1, 0.15) is 18.4 Å². The Morgan fingerprint density at radius 1 is 1.12 bits per heavy atom. The van der Waals surface area contributed by atoms with E-state index >= 15 is 0 Å². The average molecular weight is 320 g/mol. The number of ether oxygens (including phenoxy) is 2. The minimum atomic E-state index is 0.144. The van der Waals surface area contributed by atoms with Crippen LogP contribution in [0.25, 0.3) is 16.9 Å². The van der Waals surface area contributed by atoms with Gasteiger partial charge in [0.15, 0.2) is 5.65 Å². The summed E-state index contributed by atoms with van der Waals surface area (Å²) >= 11 is 0. The second-order valence-electron chi connectivity index (χ2n) is 5.70. The van der Waals surface area contributed by atoms with Gasteiger partial charge in [-0.3, -0.25) is 0 Å². The Kier molecular flexibility index (Phi) is 3.85. The molecule has 0 amide bonds. The molecule has 0 aliphatic carbocycles. The van der Waals surface area contributed by atoms with Crippen LogP contribution in [0, 0.1) is 11.3 Å². The summed E-state index contributed by atoms with van der Waals surface area (Å²) in [5.41, 5.74) is 3.21. The number of hydrogen-bond donors (Lipinski definition) is 0. The SMILES string of the molecule is N#Cc1ccc(-c2cnc3ccc(OC4CCOCC4)nn23)cc1.